The molecule has 0 saturated heterocycles. The number of anilines is 1. The van der Waals surface area contributed by atoms with Crippen LogP contribution in [0.3, 0.4) is 0 Å². The molecule has 2 N–H and O–H groups in total. The fourth-order valence-electron chi connectivity index (χ4n) is 2.17. The molecule has 2 aromatic rings. The lowest BCUT2D eigenvalue weighted by Gasteiger charge is -2.36. The molecule has 140 valence electrons. The first-order valence-electron chi connectivity index (χ1n) is 8.63. The van der Waals surface area contributed by atoms with Gasteiger partial charge in [0.15, 0.2) is 8.32 Å². The van der Waals surface area contributed by atoms with Gasteiger partial charge in [0.05, 0.1) is 19.4 Å². The summed E-state index contributed by atoms with van der Waals surface area (Å²) in [5.41, 5.74) is 8.92. The van der Waals surface area contributed by atoms with E-state index in [1.807, 2.05) is 24.3 Å². The van der Waals surface area contributed by atoms with Crippen LogP contribution in [0.2, 0.25) is 18.1 Å². The molecule has 26 heavy (non-hydrogen) atoms. The topological polar surface area (TPSA) is 74.4 Å². The van der Waals surface area contributed by atoms with E-state index in [-0.39, 0.29) is 16.4 Å². The Kier molecular flexibility index (Phi) is 5.88. The number of nitrogen functional groups attached to an aromatic ring is 1. The second-order valence-corrected chi connectivity index (χ2v) is 12.7. The number of carbonyl (C=O) groups is 1. The Morgan fingerprint density at radius 1 is 1.12 bits per heavy atom. The lowest BCUT2D eigenvalue weighted by Crippen LogP contribution is -2.40. The van der Waals surface area contributed by atoms with Gasteiger partial charge in [-0.1, -0.05) is 45.0 Å². The van der Waals surface area contributed by atoms with Crippen molar-refractivity contribution in [3.63, 3.8) is 0 Å². The summed E-state index contributed by atoms with van der Waals surface area (Å²) in [7, 11) is -0.446. The van der Waals surface area contributed by atoms with E-state index in [1.54, 1.807) is 12.1 Å². The van der Waals surface area contributed by atoms with Gasteiger partial charge in [-0.25, -0.2) is 9.78 Å². The second-order valence-electron chi connectivity index (χ2n) is 7.87. The van der Waals surface area contributed by atoms with Gasteiger partial charge in [0.2, 0.25) is 0 Å². The van der Waals surface area contributed by atoms with Crippen molar-refractivity contribution in [2.24, 2.45) is 0 Å². The summed E-state index contributed by atoms with van der Waals surface area (Å²) in [6, 6.07) is 11.5. The predicted octanol–water partition coefficient (Wildman–Crippen LogP) is 4.64. The molecule has 1 aromatic carbocycles. The molecule has 0 saturated carbocycles. The summed E-state index contributed by atoms with van der Waals surface area (Å²) in [6.07, 6.45) is 0. The van der Waals surface area contributed by atoms with Crippen LogP contribution in [-0.2, 0) is 15.8 Å². The van der Waals surface area contributed by atoms with Gasteiger partial charge in [-0.3, -0.25) is 0 Å². The van der Waals surface area contributed by atoms with Crippen LogP contribution in [0.5, 0.6) is 0 Å². The number of nitrogens with two attached hydrogens (primary N) is 1. The standard InChI is InChI=1S/C20H28N2O3Si/c1-20(2,3)26(5,6)25-13-14-7-9-15(10-8-14)17-12-11-16(18(21)22-17)19(23)24-4/h7-12H,13H2,1-6H3,(H2,21,22). The maximum atomic E-state index is 11.6. The molecule has 5 nitrogen and oxygen atoms in total. The number of hydrogen-bond donors (Lipinski definition) is 1. The maximum absolute atomic E-state index is 11.6. The zero-order chi connectivity index (χ0) is 19.5. The first kappa shape index (κ1) is 20.1. The molecule has 0 unspecified atom stereocenters. The molecular weight excluding hydrogens is 344 g/mol. The number of carbonyl (C=O) groups excluding carboxylic acids is 1. The number of methoxy groups -OCH3 is 1. The SMILES string of the molecule is COC(=O)c1ccc(-c2ccc(CO[Si](C)(C)C(C)(C)C)cc2)nc1N. The van der Waals surface area contributed by atoms with Crippen molar-refractivity contribution in [3.05, 3.63) is 47.5 Å². The van der Waals surface area contributed by atoms with Gasteiger partial charge in [-0.05, 0) is 35.8 Å². The molecule has 2 rings (SSSR count). The van der Waals surface area contributed by atoms with E-state index < -0.39 is 14.3 Å². The Labute approximate surface area is 156 Å². The van der Waals surface area contributed by atoms with Crippen molar-refractivity contribution in [2.45, 2.75) is 45.5 Å². The summed E-state index contributed by atoms with van der Waals surface area (Å²) in [6.45, 7) is 11.8. The summed E-state index contributed by atoms with van der Waals surface area (Å²) in [4.78, 5) is 15.9. The average molecular weight is 373 g/mol. The summed E-state index contributed by atoms with van der Waals surface area (Å²) in [5, 5.41) is 0.190. The zero-order valence-corrected chi connectivity index (χ0v) is 17.4. The van der Waals surface area contributed by atoms with Gasteiger partial charge in [-0.2, -0.15) is 0 Å². The molecule has 1 heterocycles. The maximum Gasteiger partial charge on any atom is 0.341 e. The lowest BCUT2D eigenvalue weighted by molar-refractivity contribution is 0.0601. The minimum atomic E-state index is -1.77. The van der Waals surface area contributed by atoms with E-state index in [9.17, 15) is 4.79 Å². The van der Waals surface area contributed by atoms with Crippen molar-refractivity contribution >= 4 is 20.1 Å². The number of ether oxygens (including phenoxy) is 1. The fraction of sp³-hybridized carbons (Fsp3) is 0.400. The Bertz CT molecular complexity index is 781. The van der Waals surface area contributed by atoms with E-state index in [4.69, 9.17) is 10.2 Å². The summed E-state index contributed by atoms with van der Waals surface area (Å²) in [5.74, 6) is -0.320. The number of benzene rings is 1. The van der Waals surface area contributed by atoms with Crippen molar-refractivity contribution in [2.75, 3.05) is 12.8 Å². The van der Waals surface area contributed by atoms with Gasteiger partial charge in [0.1, 0.15) is 11.4 Å². The number of hydrogen-bond acceptors (Lipinski definition) is 5. The third-order valence-corrected chi connectivity index (χ3v) is 9.46. The Balaban J connectivity index is 2.13. The monoisotopic (exact) mass is 372 g/mol. The Hall–Kier alpha value is -2.18. The molecule has 1 aromatic heterocycles. The minimum Gasteiger partial charge on any atom is -0.465 e. The van der Waals surface area contributed by atoms with Crippen LogP contribution in [0.1, 0.15) is 36.7 Å². The lowest BCUT2D eigenvalue weighted by atomic mass is 10.1. The number of aromatic nitrogens is 1. The smallest absolute Gasteiger partial charge is 0.341 e. The van der Waals surface area contributed by atoms with Crippen LogP contribution < -0.4 is 5.73 Å². The number of nitrogens with zero attached hydrogens (tertiary/aromatic N) is 1. The highest BCUT2D eigenvalue weighted by Gasteiger charge is 2.36. The highest BCUT2D eigenvalue weighted by molar-refractivity contribution is 6.74. The van der Waals surface area contributed by atoms with Crippen molar-refractivity contribution < 1.29 is 14.0 Å². The first-order valence-corrected chi connectivity index (χ1v) is 11.5. The van der Waals surface area contributed by atoms with Crippen LogP contribution in [0.25, 0.3) is 11.3 Å². The van der Waals surface area contributed by atoms with E-state index in [2.05, 4.69) is 43.6 Å². The van der Waals surface area contributed by atoms with E-state index in [1.165, 1.54) is 7.11 Å². The molecule has 0 bridgehead atoms. The van der Waals surface area contributed by atoms with Gasteiger partial charge in [0, 0.05) is 5.56 Å². The molecule has 0 aliphatic rings. The zero-order valence-electron chi connectivity index (χ0n) is 16.4. The largest absolute Gasteiger partial charge is 0.465 e. The van der Waals surface area contributed by atoms with Gasteiger partial charge in [0.25, 0.3) is 0 Å². The summed E-state index contributed by atoms with van der Waals surface area (Å²) >= 11 is 0. The number of pyridine rings is 1. The molecule has 6 heteroatoms. The molecule has 0 amide bonds. The molecule has 0 aliphatic carbocycles. The minimum absolute atomic E-state index is 0.166. The van der Waals surface area contributed by atoms with Crippen LogP contribution >= 0.6 is 0 Å². The van der Waals surface area contributed by atoms with E-state index >= 15 is 0 Å². The third kappa shape index (κ3) is 4.50. The summed E-state index contributed by atoms with van der Waals surface area (Å²) < 4.78 is 10.9. The molecule has 0 aliphatic heterocycles. The fourth-order valence-corrected chi connectivity index (χ4v) is 3.13. The second kappa shape index (κ2) is 7.59. The molecule has 0 fully saturated rings. The highest BCUT2D eigenvalue weighted by atomic mass is 28.4. The van der Waals surface area contributed by atoms with Gasteiger partial charge < -0.3 is 14.9 Å². The van der Waals surface area contributed by atoms with E-state index in [0.717, 1.165) is 11.1 Å². The number of rotatable bonds is 5. The van der Waals surface area contributed by atoms with Crippen LogP contribution in [0.4, 0.5) is 5.82 Å². The van der Waals surface area contributed by atoms with Gasteiger partial charge in [-0.15, -0.1) is 0 Å². The van der Waals surface area contributed by atoms with Crippen LogP contribution in [0, 0.1) is 0 Å². The first-order chi connectivity index (χ1) is 12.0. The van der Waals surface area contributed by atoms with Gasteiger partial charge >= 0.3 is 5.97 Å². The van der Waals surface area contributed by atoms with Crippen molar-refractivity contribution in [1.29, 1.82) is 0 Å². The van der Waals surface area contributed by atoms with Crippen molar-refractivity contribution in [3.8, 4) is 11.3 Å². The third-order valence-electron chi connectivity index (χ3n) is 4.99. The molecule has 0 atom stereocenters. The molecule has 0 radical (unpaired) electrons. The van der Waals surface area contributed by atoms with E-state index in [0.29, 0.717) is 12.3 Å². The van der Waals surface area contributed by atoms with Crippen LogP contribution in [-0.4, -0.2) is 26.4 Å². The average Bonchev–Trinajstić information content (AvgIpc) is 2.58. The Morgan fingerprint density at radius 2 is 1.73 bits per heavy atom. The molecular formula is C20H28N2O3Si. The van der Waals surface area contributed by atoms with Crippen molar-refractivity contribution in [1.82, 2.24) is 4.98 Å². The number of esters is 1. The highest BCUT2D eigenvalue weighted by Crippen LogP contribution is 2.37. The Morgan fingerprint density at radius 3 is 2.23 bits per heavy atom. The normalized spacial score (nSPS) is 12.1. The predicted molar refractivity (Wildman–Crippen MR) is 107 cm³/mol. The van der Waals surface area contributed by atoms with Crippen LogP contribution in [0.15, 0.2) is 36.4 Å². The quantitative estimate of drug-likeness (QED) is 0.611. The molecule has 0 spiro atoms.